The Morgan fingerprint density at radius 1 is 1.30 bits per heavy atom. The minimum absolute atomic E-state index is 0.268. The van der Waals surface area contributed by atoms with Crippen LogP contribution >= 0.6 is 0 Å². The number of halogens is 3. The predicted octanol–water partition coefficient (Wildman–Crippen LogP) is 1.85. The molecule has 0 saturated carbocycles. The van der Waals surface area contributed by atoms with E-state index in [9.17, 15) is 22.8 Å². The van der Waals surface area contributed by atoms with Crippen molar-refractivity contribution in [2.75, 3.05) is 13.2 Å². The summed E-state index contributed by atoms with van der Waals surface area (Å²) in [6.07, 6.45) is -2.75. The average molecular weight is 332 g/mol. The van der Waals surface area contributed by atoms with Crippen molar-refractivity contribution < 1.29 is 32.6 Å². The van der Waals surface area contributed by atoms with Gasteiger partial charge in [-0.1, -0.05) is 0 Å². The number of hydrogen-bond acceptors (Lipinski definition) is 4. The van der Waals surface area contributed by atoms with E-state index >= 15 is 0 Å². The van der Waals surface area contributed by atoms with Crippen LogP contribution in [0, 0.1) is 0 Å². The second-order valence-corrected chi connectivity index (χ2v) is 5.38. The van der Waals surface area contributed by atoms with E-state index in [-0.39, 0.29) is 38.0 Å². The predicted molar refractivity (Wildman–Crippen MR) is 71.7 cm³/mol. The summed E-state index contributed by atoms with van der Waals surface area (Å²) < 4.78 is 43.2. The SMILES string of the molecule is O=C(O)CC1(NC(=O)c2cncc(C(F)(F)F)c2)CCOCC1. The first-order chi connectivity index (χ1) is 10.7. The van der Waals surface area contributed by atoms with Gasteiger partial charge in [-0.25, -0.2) is 0 Å². The largest absolute Gasteiger partial charge is 0.481 e. The van der Waals surface area contributed by atoms with E-state index in [1.54, 1.807) is 0 Å². The van der Waals surface area contributed by atoms with Gasteiger partial charge in [0.15, 0.2) is 0 Å². The zero-order valence-corrected chi connectivity index (χ0v) is 12.0. The van der Waals surface area contributed by atoms with E-state index in [0.29, 0.717) is 12.3 Å². The summed E-state index contributed by atoms with van der Waals surface area (Å²) in [5, 5.41) is 11.6. The molecule has 0 spiro atoms. The highest BCUT2D eigenvalue weighted by molar-refractivity contribution is 5.94. The number of hydrogen-bond donors (Lipinski definition) is 2. The molecule has 23 heavy (non-hydrogen) atoms. The number of rotatable bonds is 4. The molecule has 1 aliphatic rings. The highest BCUT2D eigenvalue weighted by Gasteiger charge is 2.37. The van der Waals surface area contributed by atoms with E-state index in [1.807, 2.05) is 0 Å². The van der Waals surface area contributed by atoms with Crippen LogP contribution in [0.3, 0.4) is 0 Å². The fourth-order valence-corrected chi connectivity index (χ4v) is 2.43. The van der Waals surface area contributed by atoms with Crippen LogP contribution in [0.2, 0.25) is 0 Å². The maximum absolute atomic E-state index is 12.7. The minimum Gasteiger partial charge on any atom is -0.481 e. The van der Waals surface area contributed by atoms with E-state index in [4.69, 9.17) is 9.84 Å². The number of amides is 1. The van der Waals surface area contributed by atoms with Crippen LogP contribution in [0.4, 0.5) is 13.2 Å². The molecule has 0 bridgehead atoms. The first kappa shape index (κ1) is 17.2. The quantitative estimate of drug-likeness (QED) is 0.878. The Labute approximate surface area is 129 Å². The molecule has 1 saturated heterocycles. The summed E-state index contributed by atoms with van der Waals surface area (Å²) in [5.41, 5.74) is -2.34. The lowest BCUT2D eigenvalue weighted by Gasteiger charge is -2.36. The molecule has 126 valence electrons. The van der Waals surface area contributed by atoms with Crippen molar-refractivity contribution in [3.8, 4) is 0 Å². The fourth-order valence-electron chi connectivity index (χ4n) is 2.43. The lowest BCUT2D eigenvalue weighted by atomic mass is 9.86. The third kappa shape index (κ3) is 4.41. The number of aromatic nitrogens is 1. The standard InChI is InChI=1S/C14H15F3N2O4/c15-14(16,17)10-5-9(7-18-8-10)12(22)19-13(6-11(20)21)1-3-23-4-2-13/h5,7-8H,1-4,6H2,(H,19,22)(H,20,21). The molecule has 2 heterocycles. The van der Waals surface area contributed by atoms with Crippen LogP contribution in [-0.2, 0) is 15.7 Å². The number of carbonyl (C=O) groups is 2. The highest BCUT2D eigenvalue weighted by atomic mass is 19.4. The van der Waals surface area contributed by atoms with E-state index < -0.39 is 29.2 Å². The molecule has 1 aliphatic heterocycles. The summed E-state index contributed by atoms with van der Waals surface area (Å²) in [6, 6.07) is 0.691. The van der Waals surface area contributed by atoms with Crippen molar-refractivity contribution in [2.24, 2.45) is 0 Å². The van der Waals surface area contributed by atoms with E-state index in [0.717, 1.165) is 6.20 Å². The Bertz CT molecular complexity index is 598. The zero-order valence-electron chi connectivity index (χ0n) is 12.0. The van der Waals surface area contributed by atoms with Crippen molar-refractivity contribution in [1.29, 1.82) is 0 Å². The molecule has 0 aromatic carbocycles. The second kappa shape index (κ2) is 6.53. The molecule has 0 atom stereocenters. The third-order valence-electron chi connectivity index (χ3n) is 3.65. The van der Waals surface area contributed by atoms with Gasteiger partial charge in [-0.2, -0.15) is 13.2 Å². The number of carbonyl (C=O) groups excluding carboxylic acids is 1. The van der Waals surface area contributed by atoms with Crippen LogP contribution < -0.4 is 5.32 Å². The summed E-state index contributed by atoms with van der Waals surface area (Å²) in [7, 11) is 0. The Balaban J connectivity index is 2.20. The first-order valence-electron chi connectivity index (χ1n) is 6.86. The van der Waals surface area contributed by atoms with Gasteiger partial charge >= 0.3 is 12.1 Å². The average Bonchev–Trinajstić information content (AvgIpc) is 2.46. The van der Waals surface area contributed by atoms with E-state index in [2.05, 4.69) is 10.3 Å². The monoisotopic (exact) mass is 332 g/mol. The van der Waals surface area contributed by atoms with Crippen LogP contribution in [0.1, 0.15) is 35.2 Å². The Morgan fingerprint density at radius 2 is 1.96 bits per heavy atom. The Kier molecular flexibility index (Phi) is 4.88. The lowest BCUT2D eigenvalue weighted by Crippen LogP contribution is -2.53. The van der Waals surface area contributed by atoms with Crippen molar-refractivity contribution in [3.63, 3.8) is 0 Å². The molecule has 1 aromatic heterocycles. The number of carboxylic acid groups (broad SMARTS) is 1. The number of nitrogens with zero attached hydrogens (tertiary/aromatic N) is 1. The molecule has 2 rings (SSSR count). The first-order valence-corrected chi connectivity index (χ1v) is 6.86. The van der Waals surface area contributed by atoms with Gasteiger partial charge in [0, 0.05) is 25.6 Å². The molecule has 1 amide bonds. The summed E-state index contributed by atoms with van der Waals surface area (Å²) in [4.78, 5) is 26.7. The second-order valence-electron chi connectivity index (χ2n) is 5.38. The molecule has 0 radical (unpaired) electrons. The van der Waals surface area contributed by atoms with Crippen molar-refractivity contribution >= 4 is 11.9 Å². The smallest absolute Gasteiger partial charge is 0.417 e. The Morgan fingerprint density at radius 3 is 2.52 bits per heavy atom. The normalized spacial score (nSPS) is 17.5. The number of carboxylic acids is 1. The molecular formula is C14H15F3N2O4. The summed E-state index contributed by atoms with van der Waals surface area (Å²) in [6.45, 7) is 0.544. The number of ether oxygens (including phenoxy) is 1. The van der Waals surface area contributed by atoms with Gasteiger partial charge in [0.25, 0.3) is 5.91 Å². The minimum atomic E-state index is -4.61. The van der Waals surface area contributed by atoms with Gasteiger partial charge in [0.2, 0.25) is 0 Å². The molecule has 1 aromatic rings. The van der Waals surface area contributed by atoms with Crippen LogP contribution in [0.15, 0.2) is 18.5 Å². The highest BCUT2D eigenvalue weighted by Crippen LogP contribution is 2.29. The lowest BCUT2D eigenvalue weighted by molar-refractivity contribution is -0.140. The van der Waals surface area contributed by atoms with Gasteiger partial charge in [-0.15, -0.1) is 0 Å². The van der Waals surface area contributed by atoms with Gasteiger partial charge in [0.05, 0.1) is 23.1 Å². The summed E-state index contributed by atoms with van der Waals surface area (Å²) >= 11 is 0. The van der Waals surface area contributed by atoms with Crippen molar-refractivity contribution in [2.45, 2.75) is 31.0 Å². The van der Waals surface area contributed by atoms with Crippen LogP contribution in [0.25, 0.3) is 0 Å². The zero-order chi connectivity index (χ0) is 17.1. The van der Waals surface area contributed by atoms with Crippen molar-refractivity contribution in [1.82, 2.24) is 10.3 Å². The number of alkyl halides is 3. The molecule has 6 nitrogen and oxygen atoms in total. The molecule has 9 heteroatoms. The molecule has 2 N–H and O–H groups in total. The number of nitrogens with one attached hydrogen (secondary N) is 1. The maximum Gasteiger partial charge on any atom is 0.417 e. The van der Waals surface area contributed by atoms with Crippen LogP contribution in [0.5, 0.6) is 0 Å². The van der Waals surface area contributed by atoms with Gasteiger partial charge < -0.3 is 15.2 Å². The van der Waals surface area contributed by atoms with Crippen LogP contribution in [-0.4, -0.2) is 40.7 Å². The molecule has 0 unspecified atom stereocenters. The maximum atomic E-state index is 12.7. The third-order valence-corrected chi connectivity index (χ3v) is 3.65. The number of aliphatic carboxylic acids is 1. The van der Waals surface area contributed by atoms with E-state index in [1.165, 1.54) is 0 Å². The topological polar surface area (TPSA) is 88.5 Å². The number of pyridine rings is 1. The molecule has 0 aliphatic carbocycles. The summed E-state index contributed by atoms with van der Waals surface area (Å²) in [5.74, 6) is -1.89. The Hall–Kier alpha value is -2.16. The van der Waals surface area contributed by atoms with Gasteiger partial charge in [0.1, 0.15) is 0 Å². The van der Waals surface area contributed by atoms with Gasteiger partial charge in [-0.3, -0.25) is 14.6 Å². The molecule has 1 fully saturated rings. The fraction of sp³-hybridized carbons (Fsp3) is 0.500. The van der Waals surface area contributed by atoms with Crippen molar-refractivity contribution in [3.05, 3.63) is 29.6 Å². The molecular weight excluding hydrogens is 317 g/mol. The van der Waals surface area contributed by atoms with Gasteiger partial charge in [-0.05, 0) is 18.9 Å².